The van der Waals surface area contributed by atoms with Crippen molar-refractivity contribution >= 4 is 8.32 Å². The molecule has 0 bridgehead atoms. The topological polar surface area (TPSA) is 29.5 Å². The van der Waals surface area contributed by atoms with Crippen LogP contribution in [0.15, 0.2) is 42.5 Å². The van der Waals surface area contributed by atoms with Crippen LogP contribution in [0.3, 0.4) is 0 Å². The van der Waals surface area contributed by atoms with Gasteiger partial charge in [-0.2, -0.15) is 0 Å². The van der Waals surface area contributed by atoms with Crippen LogP contribution in [0.2, 0.25) is 18.1 Å². The second-order valence-electron chi connectivity index (χ2n) is 8.06. The molecule has 0 atom stereocenters. The Labute approximate surface area is 147 Å². The van der Waals surface area contributed by atoms with Crippen molar-refractivity contribution in [1.82, 2.24) is 0 Å². The van der Waals surface area contributed by atoms with Crippen LogP contribution < -0.4 is 0 Å². The quantitative estimate of drug-likeness (QED) is 0.709. The molecule has 0 unspecified atom stereocenters. The molecule has 0 aliphatic heterocycles. The summed E-state index contributed by atoms with van der Waals surface area (Å²) in [6.45, 7) is 14.1. The third-order valence-electron chi connectivity index (χ3n) is 5.10. The van der Waals surface area contributed by atoms with Crippen LogP contribution in [-0.4, -0.2) is 13.4 Å². The smallest absolute Gasteiger partial charge is 0.192 e. The van der Waals surface area contributed by atoms with E-state index < -0.39 is 8.32 Å². The maximum absolute atomic E-state index is 9.63. The first-order chi connectivity index (χ1) is 11.1. The molecule has 0 radical (unpaired) electrons. The molecule has 0 amide bonds. The fourth-order valence-electron chi connectivity index (χ4n) is 2.47. The van der Waals surface area contributed by atoms with Crippen LogP contribution in [0, 0.1) is 6.92 Å². The minimum Gasteiger partial charge on any atom is -0.413 e. The molecule has 1 N–H and O–H groups in total. The summed E-state index contributed by atoms with van der Waals surface area (Å²) in [7, 11) is -1.79. The van der Waals surface area contributed by atoms with Crippen LogP contribution in [0.25, 0.3) is 11.1 Å². The summed E-state index contributed by atoms with van der Waals surface area (Å²) in [5.74, 6) is 0. The molecule has 0 saturated carbocycles. The van der Waals surface area contributed by atoms with E-state index >= 15 is 0 Å². The van der Waals surface area contributed by atoms with Crippen LogP contribution in [0.4, 0.5) is 0 Å². The highest BCUT2D eigenvalue weighted by molar-refractivity contribution is 6.74. The minimum atomic E-state index is -1.79. The predicted octanol–water partition coefficient (Wildman–Crippen LogP) is 5.68. The molecule has 2 rings (SSSR count). The Bertz CT molecular complexity index is 699. The Morgan fingerprint density at radius 3 is 2.21 bits per heavy atom. The van der Waals surface area contributed by atoms with E-state index in [4.69, 9.17) is 4.43 Å². The molecule has 0 aliphatic rings. The Morgan fingerprint density at radius 1 is 1.00 bits per heavy atom. The molecule has 0 aliphatic carbocycles. The van der Waals surface area contributed by atoms with Gasteiger partial charge in [-0.05, 0) is 65.0 Å². The molecule has 2 nitrogen and oxygen atoms in total. The van der Waals surface area contributed by atoms with Crippen molar-refractivity contribution in [3.63, 3.8) is 0 Å². The van der Waals surface area contributed by atoms with Crippen LogP contribution >= 0.6 is 0 Å². The molecule has 0 fully saturated rings. The third kappa shape index (κ3) is 4.35. The van der Waals surface area contributed by atoms with Gasteiger partial charge in [-0.25, -0.2) is 0 Å². The summed E-state index contributed by atoms with van der Waals surface area (Å²) in [6.07, 6.45) is 0. The molecular formula is C21H30O2Si. The molecule has 130 valence electrons. The first-order valence-corrected chi connectivity index (χ1v) is 11.5. The van der Waals surface area contributed by atoms with Gasteiger partial charge in [-0.15, -0.1) is 0 Å². The van der Waals surface area contributed by atoms with Gasteiger partial charge in [-0.1, -0.05) is 51.1 Å². The lowest BCUT2D eigenvalue weighted by atomic mass is 9.97. The van der Waals surface area contributed by atoms with Gasteiger partial charge < -0.3 is 9.53 Å². The summed E-state index contributed by atoms with van der Waals surface area (Å²) in [6, 6.07) is 14.7. The van der Waals surface area contributed by atoms with Crippen molar-refractivity contribution in [2.75, 3.05) is 0 Å². The van der Waals surface area contributed by atoms with Crippen molar-refractivity contribution in [3.8, 4) is 11.1 Å². The lowest BCUT2D eigenvalue weighted by Crippen LogP contribution is -2.40. The molecule has 2 aromatic rings. The zero-order valence-corrected chi connectivity index (χ0v) is 16.8. The van der Waals surface area contributed by atoms with Gasteiger partial charge >= 0.3 is 0 Å². The van der Waals surface area contributed by atoms with Gasteiger partial charge in [-0.3, -0.25) is 0 Å². The minimum absolute atomic E-state index is 0.0484. The highest BCUT2D eigenvalue weighted by atomic mass is 28.4. The summed E-state index contributed by atoms with van der Waals surface area (Å²) in [5.41, 5.74) is 5.66. The Morgan fingerprint density at radius 2 is 1.62 bits per heavy atom. The van der Waals surface area contributed by atoms with E-state index in [0.717, 1.165) is 16.7 Å². The molecule has 0 heterocycles. The van der Waals surface area contributed by atoms with E-state index in [0.29, 0.717) is 6.61 Å². The molecule has 0 saturated heterocycles. The average Bonchev–Trinajstić information content (AvgIpc) is 2.52. The van der Waals surface area contributed by atoms with Crippen LogP contribution in [-0.2, 0) is 17.6 Å². The van der Waals surface area contributed by atoms with E-state index in [1.165, 1.54) is 11.1 Å². The lowest BCUT2D eigenvalue weighted by molar-refractivity contribution is 0.272. The van der Waals surface area contributed by atoms with E-state index in [1.807, 2.05) is 0 Å². The number of aryl methyl sites for hydroxylation is 1. The molecular weight excluding hydrogens is 312 g/mol. The number of benzene rings is 2. The van der Waals surface area contributed by atoms with E-state index in [9.17, 15) is 5.11 Å². The first-order valence-electron chi connectivity index (χ1n) is 8.58. The number of hydrogen-bond donors (Lipinski definition) is 1. The largest absolute Gasteiger partial charge is 0.413 e. The van der Waals surface area contributed by atoms with Crippen molar-refractivity contribution in [2.24, 2.45) is 0 Å². The summed E-state index contributed by atoms with van der Waals surface area (Å²) >= 11 is 0. The second-order valence-corrected chi connectivity index (χ2v) is 12.9. The molecule has 0 aromatic heterocycles. The number of rotatable bonds is 5. The second kappa shape index (κ2) is 7.22. The van der Waals surface area contributed by atoms with Gasteiger partial charge in [0.25, 0.3) is 0 Å². The third-order valence-corrected chi connectivity index (χ3v) is 9.58. The van der Waals surface area contributed by atoms with Crippen LogP contribution in [0.1, 0.15) is 37.5 Å². The van der Waals surface area contributed by atoms with Gasteiger partial charge in [0.05, 0.1) is 13.2 Å². The average molecular weight is 343 g/mol. The summed E-state index contributed by atoms with van der Waals surface area (Å²) < 4.78 is 6.36. The normalized spacial score (nSPS) is 12.5. The molecule has 3 heteroatoms. The lowest BCUT2D eigenvalue weighted by Gasteiger charge is -2.36. The molecule has 2 aromatic carbocycles. The van der Waals surface area contributed by atoms with Crippen molar-refractivity contribution in [1.29, 1.82) is 0 Å². The maximum atomic E-state index is 9.63. The number of hydrogen-bond acceptors (Lipinski definition) is 2. The Kier molecular flexibility index (Phi) is 5.69. The van der Waals surface area contributed by atoms with Crippen LogP contribution in [0.5, 0.6) is 0 Å². The summed E-state index contributed by atoms with van der Waals surface area (Å²) in [4.78, 5) is 0. The molecule has 0 spiro atoms. The van der Waals surface area contributed by atoms with Gasteiger partial charge in [0.1, 0.15) is 0 Å². The number of aliphatic hydroxyl groups excluding tert-OH is 1. The van der Waals surface area contributed by atoms with Gasteiger partial charge in [0.2, 0.25) is 0 Å². The zero-order chi connectivity index (χ0) is 18.0. The fourth-order valence-corrected chi connectivity index (χ4v) is 3.43. The van der Waals surface area contributed by atoms with Gasteiger partial charge in [0.15, 0.2) is 8.32 Å². The maximum Gasteiger partial charge on any atom is 0.192 e. The van der Waals surface area contributed by atoms with Crippen molar-refractivity contribution in [3.05, 3.63) is 59.2 Å². The molecule has 24 heavy (non-hydrogen) atoms. The Hall–Kier alpha value is -1.42. The first kappa shape index (κ1) is 18.9. The van der Waals surface area contributed by atoms with E-state index in [2.05, 4.69) is 83.3 Å². The van der Waals surface area contributed by atoms with E-state index in [1.54, 1.807) is 0 Å². The van der Waals surface area contributed by atoms with Crippen molar-refractivity contribution < 1.29 is 9.53 Å². The summed E-state index contributed by atoms with van der Waals surface area (Å²) in [5, 5.41) is 9.82. The monoisotopic (exact) mass is 342 g/mol. The fraction of sp³-hybridized carbons (Fsp3) is 0.429. The van der Waals surface area contributed by atoms with Crippen molar-refractivity contribution in [2.45, 2.75) is 59.0 Å². The van der Waals surface area contributed by atoms with E-state index in [-0.39, 0.29) is 11.6 Å². The standard InChI is InChI=1S/C21H30O2Si/c1-16-9-7-8-10-20(16)19-12-17(14-22)11-18(13-19)15-23-24(5,6)21(2,3)4/h7-13,22H,14-15H2,1-6H3. The predicted molar refractivity (Wildman–Crippen MR) is 105 cm³/mol. The highest BCUT2D eigenvalue weighted by Gasteiger charge is 2.37. The number of aliphatic hydroxyl groups is 1. The highest BCUT2D eigenvalue weighted by Crippen LogP contribution is 2.37. The van der Waals surface area contributed by atoms with Gasteiger partial charge in [0, 0.05) is 0 Å². The Balaban J connectivity index is 2.32. The zero-order valence-electron chi connectivity index (χ0n) is 15.8. The SMILES string of the molecule is Cc1ccccc1-c1cc(CO)cc(CO[Si](C)(C)C(C)(C)C)c1.